The first kappa shape index (κ1) is 15.8. The summed E-state index contributed by atoms with van der Waals surface area (Å²) >= 11 is 1.90. The lowest BCUT2D eigenvalue weighted by atomic mass is 10.0. The van der Waals surface area contributed by atoms with Gasteiger partial charge in [0.25, 0.3) is 0 Å². The van der Waals surface area contributed by atoms with E-state index in [-0.39, 0.29) is 0 Å². The van der Waals surface area contributed by atoms with Gasteiger partial charge in [0.2, 0.25) is 0 Å². The fourth-order valence-electron chi connectivity index (χ4n) is 2.45. The van der Waals surface area contributed by atoms with E-state index in [1.165, 1.54) is 70.6 Å². The Labute approximate surface area is 118 Å². The Kier molecular flexibility index (Phi) is 9.28. The fourth-order valence-corrected chi connectivity index (χ4v) is 3.38. The molecule has 1 aromatic rings. The minimum absolute atomic E-state index is 1.31. The Hall–Kier alpha value is -0.300. The van der Waals surface area contributed by atoms with Gasteiger partial charge in [0, 0.05) is 0 Å². The highest BCUT2D eigenvalue weighted by molar-refractivity contribution is 7.08. The van der Waals surface area contributed by atoms with Gasteiger partial charge in [0.15, 0.2) is 0 Å². The third-order valence-electron chi connectivity index (χ3n) is 3.68. The second-order valence-corrected chi connectivity index (χ2v) is 6.14. The topological polar surface area (TPSA) is 0 Å². The average molecular weight is 266 g/mol. The summed E-state index contributed by atoms with van der Waals surface area (Å²) in [5, 5.41) is 4.76. The highest BCUT2D eigenvalue weighted by atomic mass is 32.1. The SMILES string of the molecule is CCCCCCCCc1cscc1CCCCC. The van der Waals surface area contributed by atoms with Crippen LogP contribution in [0.5, 0.6) is 0 Å². The summed E-state index contributed by atoms with van der Waals surface area (Å²) in [7, 11) is 0. The molecule has 0 spiro atoms. The highest BCUT2D eigenvalue weighted by Crippen LogP contribution is 2.20. The lowest BCUT2D eigenvalue weighted by molar-refractivity contribution is 0.606. The summed E-state index contributed by atoms with van der Waals surface area (Å²) in [6, 6.07) is 0. The van der Waals surface area contributed by atoms with Crippen LogP contribution in [0.25, 0.3) is 0 Å². The number of thiophene rings is 1. The predicted octanol–water partition coefficient (Wildman–Crippen LogP) is 6.38. The molecular weight excluding hydrogens is 236 g/mol. The van der Waals surface area contributed by atoms with Gasteiger partial charge >= 0.3 is 0 Å². The van der Waals surface area contributed by atoms with Gasteiger partial charge in [-0.3, -0.25) is 0 Å². The molecule has 0 unspecified atom stereocenters. The molecule has 0 atom stereocenters. The Morgan fingerprint density at radius 3 is 1.72 bits per heavy atom. The van der Waals surface area contributed by atoms with Gasteiger partial charge in [-0.1, -0.05) is 58.8 Å². The third kappa shape index (κ3) is 6.58. The molecule has 0 fully saturated rings. The van der Waals surface area contributed by atoms with Gasteiger partial charge in [-0.05, 0) is 47.6 Å². The van der Waals surface area contributed by atoms with Crippen molar-refractivity contribution in [3.8, 4) is 0 Å². The van der Waals surface area contributed by atoms with Gasteiger partial charge in [-0.15, -0.1) is 0 Å². The number of rotatable bonds is 11. The molecular formula is C17H30S. The van der Waals surface area contributed by atoms with E-state index < -0.39 is 0 Å². The van der Waals surface area contributed by atoms with Crippen molar-refractivity contribution in [2.75, 3.05) is 0 Å². The number of unbranched alkanes of at least 4 members (excludes halogenated alkanes) is 7. The minimum Gasteiger partial charge on any atom is -0.152 e. The molecule has 0 saturated heterocycles. The molecule has 0 aliphatic rings. The van der Waals surface area contributed by atoms with Crippen LogP contribution in [-0.2, 0) is 12.8 Å². The molecule has 104 valence electrons. The van der Waals surface area contributed by atoms with E-state index >= 15 is 0 Å². The van der Waals surface area contributed by atoms with E-state index in [2.05, 4.69) is 24.6 Å². The normalized spacial score (nSPS) is 11.0. The molecule has 0 bridgehead atoms. The highest BCUT2D eigenvalue weighted by Gasteiger charge is 2.03. The summed E-state index contributed by atoms with van der Waals surface area (Å²) < 4.78 is 0. The predicted molar refractivity (Wildman–Crippen MR) is 84.6 cm³/mol. The van der Waals surface area contributed by atoms with E-state index in [0.717, 1.165) is 0 Å². The van der Waals surface area contributed by atoms with Gasteiger partial charge < -0.3 is 0 Å². The average Bonchev–Trinajstić information content (AvgIpc) is 2.82. The van der Waals surface area contributed by atoms with Crippen molar-refractivity contribution in [1.82, 2.24) is 0 Å². The largest absolute Gasteiger partial charge is 0.152 e. The van der Waals surface area contributed by atoms with E-state index in [9.17, 15) is 0 Å². The summed E-state index contributed by atoms with van der Waals surface area (Å²) in [4.78, 5) is 0. The molecule has 1 heteroatoms. The Balaban J connectivity index is 2.15. The molecule has 0 aromatic carbocycles. The maximum Gasteiger partial charge on any atom is -0.00584 e. The van der Waals surface area contributed by atoms with Crippen LogP contribution >= 0.6 is 11.3 Å². The molecule has 0 saturated carbocycles. The maximum atomic E-state index is 2.38. The summed E-state index contributed by atoms with van der Waals surface area (Å²) in [6.45, 7) is 4.57. The van der Waals surface area contributed by atoms with Crippen LogP contribution in [0.1, 0.15) is 82.8 Å². The number of hydrogen-bond donors (Lipinski definition) is 0. The van der Waals surface area contributed by atoms with Crippen molar-refractivity contribution in [3.63, 3.8) is 0 Å². The molecule has 0 radical (unpaired) electrons. The smallest absolute Gasteiger partial charge is 0.00584 e. The standard InChI is InChI=1S/C17H30S/c1-3-5-7-8-9-11-13-17-15-18-14-16(17)12-10-6-4-2/h14-15H,3-13H2,1-2H3. The van der Waals surface area contributed by atoms with Crippen LogP contribution in [0.2, 0.25) is 0 Å². The molecule has 0 aliphatic carbocycles. The molecule has 0 amide bonds. The van der Waals surface area contributed by atoms with Crippen LogP contribution in [0.4, 0.5) is 0 Å². The molecule has 1 aromatic heterocycles. The van der Waals surface area contributed by atoms with Crippen molar-refractivity contribution in [2.24, 2.45) is 0 Å². The van der Waals surface area contributed by atoms with Crippen LogP contribution in [0, 0.1) is 0 Å². The zero-order valence-corrected chi connectivity index (χ0v) is 13.2. The fraction of sp³-hybridized carbons (Fsp3) is 0.765. The molecule has 1 rings (SSSR count). The first-order valence-corrected chi connectivity index (χ1v) is 8.86. The van der Waals surface area contributed by atoms with E-state index in [4.69, 9.17) is 0 Å². The Morgan fingerprint density at radius 2 is 1.11 bits per heavy atom. The molecule has 0 aliphatic heterocycles. The summed E-state index contributed by atoms with van der Waals surface area (Å²) in [5.41, 5.74) is 3.29. The lowest BCUT2D eigenvalue weighted by Gasteiger charge is -2.04. The van der Waals surface area contributed by atoms with Gasteiger partial charge in [0.05, 0.1) is 0 Å². The summed E-state index contributed by atoms with van der Waals surface area (Å²) in [6.07, 6.45) is 15.2. The van der Waals surface area contributed by atoms with Gasteiger partial charge in [-0.25, -0.2) is 0 Å². The number of hydrogen-bond acceptors (Lipinski definition) is 1. The monoisotopic (exact) mass is 266 g/mol. The molecule has 0 N–H and O–H groups in total. The molecule has 0 nitrogen and oxygen atoms in total. The lowest BCUT2D eigenvalue weighted by Crippen LogP contribution is -1.91. The van der Waals surface area contributed by atoms with Crippen molar-refractivity contribution >= 4 is 11.3 Å². The minimum atomic E-state index is 1.31. The first-order valence-electron chi connectivity index (χ1n) is 7.92. The van der Waals surface area contributed by atoms with Crippen molar-refractivity contribution < 1.29 is 0 Å². The van der Waals surface area contributed by atoms with Gasteiger partial charge in [-0.2, -0.15) is 11.3 Å². The zero-order valence-electron chi connectivity index (χ0n) is 12.3. The quantitative estimate of drug-likeness (QED) is 0.407. The van der Waals surface area contributed by atoms with E-state index in [1.807, 2.05) is 11.3 Å². The van der Waals surface area contributed by atoms with E-state index in [1.54, 1.807) is 11.1 Å². The van der Waals surface area contributed by atoms with Crippen LogP contribution in [0.3, 0.4) is 0 Å². The first-order chi connectivity index (χ1) is 8.88. The van der Waals surface area contributed by atoms with Crippen LogP contribution in [0.15, 0.2) is 10.8 Å². The van der Waals surface area contributed by atoms with Gasteiger partial charge in [0.1, 0.15) is 0 Å². The third-order valence-corrected chi connectivity index (χ3v) is 4.52. The Bertz CT molecular complexity index is 288. The van der Waals surface area contributed by atoms with Crippen molar-refractivity contribution in [1.29, 1.82) is 0 Å². The molecule has 1 heterocycles. The molecule has 18 heavy (non-hydrogen) atoms. The van der Waals surface area contributed by atoms with Crippen molar-refractivity contribution in [3.05, 3.63) is 21.9 Å². The number of aryl methyl sites for hydroxylation is 2. The van der Waals surface area contributed by atoms with Crippen molar-refractivity contribution in [2.45, 2.75) is 84.5 Å². The summed E-state index contributed by atoms with van der Waals surface area (Å²) in [5.74, 6) is 0. The second kappa shape index (κ2) is 10.6. The van der Waals surface area contributed by atoms with Crippen LogP contribution < -0.4 is 0 Å². The Morgan fingerprint density at radius 1 is 0.667 bits per heavy atom. The maximum absolute atomic E-state index is 2.38. The van der Waals surface area contributed by atoms with E-state index in [0.29, 0.717) is 0 Å². The van der Waals surface area contributed by atoms with Crippen LogP contribution in [-0.4, -0.2) is 0 Å². The second-order valence-electron chi connectivity index (χ2n) is 5.40. The zero-order chi connectivity index (χ0) is 13.1.